The maximum Gasteiger partial charge on any atom is 0.0636 e. The molecule has 0 unspecified atom stereocenters. The summed E-state index contributed by atoms with van der Waals surface area (Å²) in [5.74, 6) is 0. The molecule has 2 nitrogen and oxygen atoms in total. The number of nitrogens with zero attached hydrogens (tertiary/aromatic N) is 1. The Morgan fingerprint density at radius 3 is 2.73 bits per heavy atom. The van der Waals surface area contributed by atoms with E-state index in [1.165, 1.54) is 0 Å². The summed E-state index contributed by atoms with van der Waals surface area (Å²) in [7, 11) is 0. The highest BCUT2D eigenvalue weighted by molar-refractivity contribution is 6.34. The third-order valence-corrected chi connectivity index (χ3v) is 1.80. The SMILES string of the molecule is NCCc1ncc(Cl)cc1Cl. The van der Waals surface area contributed by atoms with E-state index in [-0.39, 0.29) is 0 Å². The second kappa shape index (κ2) is 3.90. The summed E-state index contributed by atoms with van der Waals surface area (Å²) >= 11 is 11.4. The molecule has 2 N–H and O–H groups in total. The Hall–Kier alpha value is -0.310. The van der Waals surface area contributed by atoms with Crippen molar-refractivity contribution in [3.05, 3.63) is 28.0 Å². The lowest BCUT2D eigenvalue weighted by Gasteiger charge is -2.00. The van der Waals surface area contributed by atoms with Gasteiger partial charge >= 0.3 is 0 Å². The molecule has 0 bridgehead atoms. The highest BCUT2D eigenvalue weighted by atomic mass is 35.5. The molecule has 0 fully saturated rings. The van der Waals surface area contributed by atoms with Crippen molar-refractivity contribution in [3.63, 3.8) is 0 Å². The lowest BCUT2D eigenvalue weighted by molar-refractivity contribution is 0.923. The van der Waals surface area contributed by atoms with E-state index in [0.29, 0.717) is 23.0 Å². The van der Waals surface area contributed by atoms with Crippen molar-refractivity contribution in [3.8, 4) is 0 Å². The molecule has 4 heteroatoms. The second-order valence-electron chi connectivity index (χ2n) is 2.12. The molecule has 60 valence electrons. The summed E-state index contributed by atoms with van der Waals surface area (Å²) in [5.41, 5.74) is 6.14. The fourth-order valence-electron chi connectivity index (χ4n) is 0.764. The topological polar surface area (TPSA) is 38.9 Å². The van der Waals surface area contributed by atoms with Crippen molar-refractivity contribution in [2.24, 2.45) is 5.73 Å². The van der Waals surface area contributed by atoms with Gasteiger partial charge in [-0.15, -0.1) is 0 Å². The van der Waals surface area contributed by atoms with E-state index >= 15 is 0 Å². The zero-order chi connectivity index (χ0) is 8.27. The first kappa shape index (κ1) is 8.78. The zero-order valence-electron chi connectivity index (χ0n) is 5.85. The molecule has 0 aliphatic rings. The van der Waals surface area contributed by atoms with Gasteiger partial charge in [-0.2, -0.15) is 0 Å². The van der Waals surface area contributed by atoms with Crippen molar-refractivity contribution >= 4 is 23.2 Å². The van der Waals surface area contributed by atoms with E-state index < -0.39 is 0 Å². The normalized spacial score (nSPS) is 10.1. The van der Waals surface area contributed by atoms with E-state index in [1.54, 1.807) is 12.3 Å². The minimum atomic E-state index is 0.550. The number of pyridine rings is 1. The number of hydrogen-bond donors (Lipinski definition) is 1. The van der Waals surface area contributed by atoms with Crippen LogP contribution in [-0.4, -0.2) is 11.5 Å². The van der Waals surface area contributed by atoms with Crippen LogP contribution in [-0.2, 0) is 6.42 Å². The average molecular weight is 191 g/mol. The predicted octanol–water partition coefficient (Wildman–Crippen LogP) is 1.89. The molecule has 1 aromatic rings. The number of halogens is 2. The molecular weight excluding hydrogens is 183 g/mol. The van der Waals surface area contributed by atoms with E-state index in [1.807, 2.05) is 0 Å². The summed E-state index contributed by atoms with van der Waals surface area (Å²) in [6, 6.07) is 1.67. The molecule has 0 spiro atoms. The maximum absolute atomic E-state index is 5.81. The number of nitrogens with two attached hydrogens (primary N) is 1. The molecule has 1 rings (SSSR count). The lowest BCUT2D eigenvalue weighted by Crippen LogP contribution is -2.04. The van der Waals surface area contributed by atoms with Gasteiger partial charge in [-0.25, -0.2) is 0 Å². The van der Waals surface area contributed by atoms with Crippen molar-refractivity contribution in [1.29, 1.82) is 0 Å². The summed E-state index contributed by atoms with van der Waals surface area (Å²) in [4.78, 5) is 4.02. The smallest absolute Gasteiger partial charge is 0.0636 e. The molecule has 0 atom stereocenters. The molecule has 0 saturated heterocycles. The van der Waals surface area contributed by atoms with E-state index in [4.69, 9.17) is 28.9 Å². The van der Waals surface area contributed by atoms with Gasteiger partial charge < -0.3 is 5.73 Å². The summed E-state index contributed by atoms with van der Waals surface area (Å²) in [5, 5.41) is 1.14. The number of hydrogen-bond acceptors (Lipinski definition) is 2. The van der Waals surface area contributed by atoms with Gasteiger partial charge in [-0.05, 0) is 12.6 Å². The van der Waals surface area contributed by atoms with Crippen LogP contribution in [0.5, 0.6) is 0 Å². The van der Waals surface area contributed by atoms with E-state index in [2.05, 4.69) is 4.98 Å². The summed E-state index contributed by atoms with van der Waals surface area (Å²) in [6.45, 7) is 0.550. The van der Waals surface area contributed by atoms with Crippen LogP contribution >= 0.6 is 23.2 Å². The van der Waals surface area contributed by atoms with Crippen LogP contribution in [0, 0.1) is 0 Å². The Morgan fingerprint density at radius 1 is 1.45 bits per heavy atom. The predicted molar refractivity (Wildman–Crippen MR) is 47.0 cm³/mol. The quantitative estimate of drug-likeness (QED) is 0.775. The van der Waals surface area contributed by atoms with E-state index in [9.17, 15) is 0 Å². The summed E-state index contributed by atoms with van der Waals surface area (Å²) in [6.07, 6.45) is 2.26. The zero-order valence-corrected chi connectivity index (χ0v) is 7.36. The number of aromatic nitrogens is 1. The van der Waals surface area contributed by atoms with Crippen LogP contribution in [0.2, 0.25) is 10.0 Å². The van der Waals surface area contributed by atoms with Gasteiger partial charge in [0.05, 0.1) is 15.7 Å². The van der Waals surface area contributed by atoms with Gasteiger partial charge in [0.1, 0.15) is 0 Å². The summed E-state index contributed by atoms with van der Waals surface area (Å²) < 4.78 is 0. The first-order valence-corrected chi connectivity index (χ1v) is 3.99. The third kappa shape index (κ3) is 2.33. The Bertz CT molecular complexity index is 250. The van der Waals surface area contributed by atoms with Gasteiger partial charge in [-0.1, -0.05) is 23.2 Å². The van der Waals surface area contributed by atoms with Crippen molar-refractivity contribution in [1.82, 2.24) is 4.98 Å². The van der Waals surface area contributed by atoms with Crippen LogP contribution in [0.25, 0.3) is 0 Å². The maximum atomic E-state index is 5.81. The van der Waals surface area contributed by atoms with Crippen LogP contribution in [0.4, 0.5) is 0 Å². The number of rotatable bonds is 2. The molecule has 0 aliphatic heterocycles. The Labute approximate surface area is 75.3 Å². The Kier molecular flexibility index (Phi) is 3.12. The van der Waals surface area contributed by atoms with Gasteiger partial charge in [0.2, 0.25) is 0 Å². The van der Waals surface area contributed by atoms with Crippen LogP contribution < -0.4 is 5.73 Å². The van der Waals surface area contributed by atoms with Crippen molar-refractivity contribution in [2.45, 2.75) is 6.42 Å². The first-order chi connectivity index (χ1) is 5.24. The highest BCUT2D eigenvalue weighted by Gasteiger charge is 2.00. The van der Waals surface area contributed by atoms with E-state index in [0.717, 1.165) is 5.69 Å². The lowest BCUT2D eigenvalue weighted by atomic mass is 10.3. The van der Waals surface area contributed by atoms with Crippen molar-refractivity contribution < 1.29 is 0 Å². The first-order valence-electron chi connectivity index (χ1n) is 3.24. The van der Waals surface area contributed by atoms with Gasteiger partial charge in [-0.3, -0.25) is 4.98 Å². The minimum absolute atomic E-state index is 0.550. The fraction of sp³-hybridized carbons (Fsp3) is 0.286. The minimum Gasteiger partial charge on any atom is -0.330 e. The van der Waals surface area contributed by atoms with Crippen molar-refractivity contribution in [2.75, 3.05) is 6.54 Å². The fourth-order valence-corrected chi connectivity index (χ4v) is 1.24. The molecule has 1 heterocycles. The Morgan fingerprint density at radius 2 is 2.18 bits per heavy atom. The third-order valence-electron chi connectivity index (χ3n) is 1.27. The molecule has 1 aromatic heterocycles. The van der Waals surface area contributed by atoms with Crippen LogP contribution in [0.3, 0.4) is 0 Å². The molecule has 11 heavy (non-hydrogen) atoms. The monoisotopic (exact) mass is 190 g/mol. The molecule has 0 amide bonds. The molecule has 0 saturated carbocycles. The molecule has 0 aliphatic carbocycles. The average Bonchev–Trinajstić information content (AvgIpc) is 1.95. The van der Waals surface area contributed by atoms with Gasteiger partial charge in [0, 0.05) is 12.6 Å². The van der Waals surface area contributed by atoms with Gasteiger partial charge in [0.25, 0.3) is 0 Å². The Balaban J connectivity index is 2.90. The van der Waals surface area contributed by atoms with Crippen LogP contribution in [0.15, 0.2) is 12.3 Å². The van der Waals surface area contributed by atoms with Gasteiger partial charge in [0.15, 0.2) is 0 Å². The standard InChI is InChI=1S/C7H8Cl2N2/c8-5-3-6(9)7(1-2-10)11-4-5/h3-4H,1-2,10H2. The second-order valence-corrected chi connectivity index (χ2v) is 2.96. The molecular formula is C7H8Cl2N2. The highest BCUT2D eigenvalue weighted by Crippen LogP contribution is 2.18. The largest absolute Gasteiger partial charge is 0.330 e. The molecule has 0 radical (unpaired) electrons. The van der Waals surface area contributed by atoms with Crippen LogP contribution in [0.1, 0.15) is 5.69 Å². The molecule has 0 aromatic carbocycles.